The molecule has 2 heterocycles. The van der Waals surface area contributed by atoms with E-state index in [0.29, 0.717) is 29.8 Å². The van der Waals surface area contributed by atoms with Crippen LogP contribution in [0.2, 0.25) is 0 Å². The Hall–Kier alpha value is -4.61. The summed E-state index contributed by atoms with van der Waals surface area (Å²) in [5.41, 5.74) is 0.436. The van der Waals surface area contributed by atoms with Crippen LogP contribution in [0.25, 0.3) is 0 Å². The Kier molecular flexibility index (Phi) is 6.41. The zero-order valence-electron chi connectivity index (χ0n) is 20.9. The summed E-state index contributed by atoms with van der Waals surface area (Å²) in [5, 5.41) is 0. The third-order valence-corrected chi connectivity index (χ3v) is 6.83. The van der Waals surface area contributed by atoms with Gasteiger partial charge in [-0.15, -0.1) is 13.2 Å². The van der Waals surface area contributed by atoms with Gasteiger partial charge in [0.15, 0.2) is 0 Å². The Morgan fingerprint density at radius 2 is 1.67 bits per heavy atom. The molecule has 1 aromatic heterocycles. The molecular formula is C27H23F3N4O5. The summed E-state index contributed by atoms with van der Waals surface area (Å²) in [4.78, 5) is 48.1. The number of nitrogens with zero attached hydrogens (tertiary/aromatic N) is 4. The fraction of sp³-hybridized carbons (Fsp3) is 0.259. The van der Waals surface area contributed by atoms with Gasteiger partial charge in [-0.25, -0.2) is 9.69 Å². The molecule has 12 heteroatoms. The number of amides is 4. The molecule has 1 saturated heterocycles. The van der Waals surface area contributed by atoms with E-state index in [1.54, 1.807) is 44.5 Å². The number of urea groups is 1. The highest BCUT2D eigenvalue weighted by atomic mass is 19.4. The molecule has 1 saturated carbocycles. The number of benzene rings is 2. The molecule has 2 fully saturated rings. The second-order valence-electron chi connectivity index (χ2n) is 9.18. The molecule has 0 bridgehead atoms. The Bertz CT molecular complexity index is 1420. The van der Waals surface area contributed by atoms with Gasteiger partial charge in [0.05, 0.1) is 18.4 Å². The number of alkyl halides is 3. The summed E-state index contributed by atoms with van der Waals surface area (Å²) in [7, 11) is 3.16. The van der Waals surface area contributed by atoms with Crippen LogP contribution < -0.4 is 19.3 Å². The fourth-order valence-electron chi connectivity index (χ4n) is 4.59. The molecule has 1 aliphatic heterocycles. The van der Waals surface area contributed by atoms with Crippen LogP contribution in [0.1, 0.15) is 28.8 Å². The van der Waals surface area contributed by atoms with E-state index in [4.69, 9.17) is 4.74 Å². The number of rotatable bonds is 7. The van der Waals surface area contributed by atoms with Crippen molar-refractivity contribution in [1.82, 2.24) is 9.88 Å². The van der Waals surface area contributed by atoms with Crippen molar-refractivity contribution in [2.45, 2.75) is 31.3 Å². The lowest BCUT2D eigenvalue weighted by Crippen LogP contribution is -2.37. The average Bonchev–Trinajstić information content (AvgIpc) is 3.70. The van der Waals surface area contributed by atoms with Crippen LogP contribution in [0.15, 0.2) is 67.0 Å². The number of aromatic nitrogens is 1. The molecule has 39 heavy (non-hydrogen) atoms. The summed E-state index contributed by atoms with van der Waals surface area (Å²) in [6.07, 6.45) is -1.08. The molecule has 5 rings (SSSR count). The lowest BCUT2D eigenvalue weighted by molar-refractivity contribution is -0.274. The maximum atomic E-state index is 13.5. The topological polar surface area (TPSA) is 92.3 Å². The second-order valence-corrected chi connectivity index (χ2v) is 9.18. The zero-order valence-corrected chi connectivity index (χ0v) is 20.9. The number of hydrogen-bond donors (Lipinski definition) is 0. The Morgan fingerprint density at radius 1 is 1.03 bits per heavy atom. The summed E-state index contributed by atoms with van der Waals surface area (Å²) >= 11 is 0. The van der Waals surface area contributed by atoms with Crippen molar-refractivity contribution >= 4 is 29.2 Å². The van der Waals surface area contributed by atoms with E-state index in [9.17, 15) is 27.6 Å². The number of hydrogen-bond acceptors (Lipinski definition) is 6. The van der Waals surface area contributed by atoms with Crippen molar-refractivity contribution in [2.75, 3.05) is 24.0 Å². The number of carbonyl (C=O) groups is 3. The van der Waals surface area contributed by atoms with Crippen LogP contribution in [0.3, 0.4) is 0 Å². The van der Waals surface area contributed by atoms with Gasteiger partial charge in [0.25, 0.3) is 11.8 Å². The highest BCUT2D eigenvalue weighted by Crippen LogP contribution is 2.50. The number of pyridine rings is 1. The van der Waals surface area contributed by atoms with Gasteiger partial charge in [0.1, 0.15) is 17.0 Å². The zero-order chi connectivity index (χ0) is 27.9. The molecule has 0 unspecified atom stereocenters. The van der Waals surface area contributed by atoms with E-state index >= 15 is 0 Å². The van der Waals surface area contributed by atoms with Gasteiger partial charge in [0.2, 0.25) is 0 Å². The molecule has 0 atom stereocenters. The van der Waals surface area contributed by atoms with Crippen LogP contribution >= 0.6 is 0 Å². The van der Waals surface area contributed by atoms with E-state index in [-0.39, 0.29) is 23.7 Å². The van der Waals surface area contributed by atoms with E-state index in [1.165, 1.54) is 34.3 Å². The number of carbonyl (C=O) groups excluding carboxylic acids is 3. The molecule has 1 aliphatic carbocycles. The fourth-order valence-corrected chi connectivity index (χ4v) is 4.59. The predicted octanol–water partition coefficient (Wildman–Crippen LogP) is 4.77. The van der Waals surface area contributed by atoms with Crippen molar-refractivity contribution in [2.24, 2.45) is 0 Å². The summed E-state index contributed by atoms with van der Waals surface area (Å²) in [5.74, 6) is -0.651. The smallest absolute Gasteiger partial charge is 0.497 e. The molecule has 0 N–H and O–H groups in total. The molecule has 2 aromatic carbocycles. The van der Waals surface area contributed by atoms with Crippen molar-refractivity contribution in [3.8, 4) is 11.5 Å². The van der Waals surface area contributed by atoms with Gasteiger partial charge in [0, 0.05) is 31.7 Å². The number of ether oxygens (including phenoxy) is 2. The summed E-state index contributed by atoms with van der Waals surface area (Å²) < 4.78 is 46.6. The molecule has 9 nitrogen and oxygen atoms in total. The van der Waals surface area contributed by atoms with E-state index in [1.807, 2.05) is 0 Å². The molecule has 0 radical (unpaired) electrons. The number of anilines is 2. The van der Waals surface area contributed by atoms with Crippen LogP contribution in [0, 0.1) is 0 Å². The van der Waals surface area contributed by atoms with Gasteiger partial charge in [-0.05, 0) is 73.0 Å². The SMILES string of the molecule is COc1ccc(N(C)C(=O)c2cnccc2CN2C(=O)N(c3ccc(OC(F)(F)F)cc3)C(=O)C23CC3)cc1. The standard InChI is InChI=1S/C27H23F3N4O5/c1-32(18-3-7-20(38-2)8-4-18)23(35)22-15-31-14-11-17(22)16-33-25(37)34(24(36)26(33)12-13-26)19-5-9-21(10-6-19)39-27(28,29)30/h3-11,14-15H,12-13,16H2,1-2H3. The third kappa shape index (κ3) is 4.85. The molecule has 3 aromatic rings. The molecule has 202 valence electrons. The minimum atomic E-state index is -4.86. The van der Waals surface area contributed by atoms with Crippen molar-refractivity contribution in [3.63, 3.8) is 0 Å². The average molecular weight is 540 g/mol. The summed E-state index contributed by atoms with van der Waals surface area (Å²) in [6.45, 7) is -0.0314. The predicted molar refractivity (Wildman–Crippen MR) is 133 cm³/mol. The van der Waals surface area contributed by atoms with Crippen LogP contribution in [-0.4, -0.2) is 53.8 Å². The lowest BCUT2D eigenvalue weighted by atomic mass is 10.1. The number of imide groups is 1. The third-order valence-electron chi connectivity index (χ3n) is 6.83. The maximum Gasteiger partial charge on any atom is 0.573 e. The van der Waals surface area contributed by atoms with Crippen LogP contribution in [0.5, 0.6) is 11.5 Å². The van der Waals surface area contributed by atoms with Gasteiger partial charge < -0.3 is 19.3 Å². The Labute approximate surface area is 221 Å². The lowest BCUT2D eigenvalue weighted by Gasteiger charge is -2.24. The molecule has 2 aliphatic rings. The minimum Gasteiger partial charge on any atom is -0.497 e. The van der Waals surface area contributed by atoms with Crippen molar-refractivity contribution in [1.29, 1.82) is 0 Å². The van der Waals surface area contributed by atoms with Crippen molar-refractivity contribution < 1.29 is 37.0 Å². The largest absolute Gasteiger partial charge is 0.573 e. The van der Waals surface area contributed by atoms with Gasteiger partial charge in [-0.1, -0.05) is 0 Å². The Balaban J connectivity index is 1.39. The maximum absolute atomic E-state index is 13.5. The molecular weight excluding hydrogens is 517 g/mol. The summed E-state index contributed by atoms with van der Waals surface area (Å²) in [6, 6.07) is 12.4. The van der Waals surface area contributed by atoms with Gasteiger partial charge in [-0.2, -0.15) is 0 Å². The van der Waals surface area contributed by atoms with Crippen LogP contribution in [0.4, 0.5) is 29.3 Å². The first-order chi connectivity index (χ1) is 18.5. The molecule has 4 amide bonds. The highest BCUT2D eigenvalue weighted by Gasteiger charge is 2.65. The second kappa shape index (κ2) is 9.61. The number of methoxy groups -OCH3 is 1. The van der Waals surface area contributed by atoms with Crippen molar-refractivity contribution in [3.05, 3.63) is 78.1 Å². The van der Waals surface area contributed by atoms with E-state index in [2.05, 4.69) is 9.72 Å². The first kappa shape index (κ1) is 26.0. The normalized spacial score (nSPS) is 16.0. The Morgan fingerprint density at radius 3 is 2.26 bits per heavy atom. The van der Waals surface area contributed by atoms with Gasteiger partial charge in [-0.3, -0.25) is 14.6 Å². The van der Waals surface area contributed by atoms with Gasteiger partial charge >= 0.3 is 12.4 Å². The minimum absolute atomic E-state index is 0.0314. The highest BCUT2D eigenvalue weighted by molar-refractivity contribution is 6.24. The first-order valence-corrected chi connectivity index (χ1v) is 11.9. The van der Waals surface area contributed by atoms with E-state index < -0.39 is 29.6 Å². The quantitative estimate of drug-likeness (QED) is 0.401. The molecule has 1 spiro atoms. The number of halogens is 3. The monoisotopic (exact) mass is 540 g/mol. The first-order valence-electron chi connectivity index (χ1n) is 11.9. The van der Waals surface area contributed by atoms with E-state index in [0.717, 1.165) is 17.0 Å². The van der Waals surface area contributed by atoms with Crippen LogP contribution in [-0.2, 0) is 11.3 Å².